The molecule has 0 radical (unpaired) electrons. The van der Waals surface area contributed by atoms with E-state index in [-0.39, 0.29) is 17.5 Å². The first-order valence-corrected chi connectivity index (χ1v) is 9.47. The lowest BCUT2D eigenvalue weighted by atomic mass is 10.1. The summed E-state index contributed by atoms with van der Waals surface area (Å²) in [4.78, 5) is 12.3. The normalized spacial score (nSPS) is 12.2. The molecule has 0 aliphatic heterocycles. The van der Waals surface area contributed by atoms with E-state index >= 15 is 0 Å². The van der Waals surface area contributed by atoms with Gasteiger partial charge in [0.2, 0.25) is 5.09 Å². The summed E-state index contributed by atoms with van der Waals surface area (Å²) in [6.45, 7) is 2.91. The summed E-state index contributed by atoms with van der Waals surface area (Å²) in [6.07, 6.45) is 0. The Morgan fingerprint density at radius 2 is 1.77 bits per heavy atom. The third-order valence-corrected chi connectivity index (χ3v) is 5.34. The Morgan fingerprint density at radius 1 is 1.15 bits per heavy atom. The zero-order chi connectivity index (χ0) is 19.5. The van der Waals surface area contributed by atoms with Gasteiger partial charge in [-0.2, -0.15) is 0 Å². The van der Waals surface area contributed by atoms with Gasteiger partial charge in [-0.25, -0.2) is 17.5 Å². The average molecular weight is 402 g/mol. The van der Waals surface area contributed by atoms with Gasteiger partial charge in [0, 0.05) is 19.1 Å². The number of halogens is 1. The molecule has 0 amide bonds. The molecule has 0 fully saturated rings. The van der Waals surface area contributed by atoms with E-state index in [0.29, 0.717) is 10.8 Å². The van der Waals surface area contributed by atoms with Gasteiger partial charge in [-0.3, -0.25) is 0 Å². The number of ether oxygens (including phenoxy) is 2. The van der Waals surface area contributed by atoms with Crippen LogP contribution in [0, 0.1) is 0 Å². The molecular formula is C17H20ClNO6S. The summed E-state index contributed by atoms with van der Waals surface area (Å²) < 4.78 is 41.0. The molecule has 9 heteroatoms. The summed E-state index contributed by atoms with van der Waals surface area (Å²) in [5.74, 6) is 0.0515. The third kappa shape index (κ3) is 4.78. The van der Waals surface area contributed by atoms with Crippen LogP contribution in [0.15, 0.2) is 45.9 Å². The predicted molar refractivity (Wildman–Crippen MR) is 95.5 cm³/mol. The van der Waals surface area contributed by atoms with Crippen LogP contribution in [-0.4, -0.2) is 38.4 Å². The molecule has 0 aliphatic carbocycles. The summed E-state index contributed by atoms with van der Waals surface area (Å²) in [5, 5.41) is 0.337. The molecule has 1 aromatic heterocycles. The zero-order valence-corrected chi connectivity index (χ0v) is 16.4. The largest absolute Gasteiger partial charge is 0.476 e. The number of sulfonamides is 1. The Labute approximate surface area is 157 Å². The van der Waals surface area contributed by atoms with E-state index in [0.717, 1.165) is 4.31 Å². The highest BCUT2D eigenvalue weighted by molar-refractivity contribution is 7.88. The van der Waals surface area contributed by atoms with Crippen molar-refractivity contribution in [2.75, 3.05) is 14.1 Å². The van der Waals surface area contributed by atoms with Crippen molar-refractivity contribution in [2.24, 2.45) is 0 Å². The maximum Gasteiger partial charge on any atom is 0.350 e. The van der Waals surface area contributed by atoms with Crippen molar-refractivity contribution in [3.63, 3.8) is 0 Å². The second kappa shape index (κ2) is 7.69. The topological polar surface area (TPSA) is 86.0 Å². The molecule has 2 aromatic rings. The lowest BCUT2D eigenvalue weighted by Gasteiger charge is -2.24. The molecule has 0 bridgehead atoms. The molecule has 1 heterocycles. The lowest BCUT2D eigenvalue weighted by molar-refractivity contribution is -0.161. The van der Waals surface area contributed by atoms with Gasteiger partial charge in [-0.15, -0.1) is 0 Å². The van der Waals surface area contributed by atoms with Crippen LogP contribution in [-0.2, 0) is 26.2 Å². The average Bonchev–Trinajstić information content (AvgIpc) is 3.04. The molecule has 0 aliphatic rings. The van der Waals surface area contributed by atoms with Crippen LogP contribution in [0.4, 0.5) is 0 Å². The van der Waals surface area contributed by atoms with Crippen LogP contribution in [0.1, 0.15) is 19.6 Å². The highest BCUT2D eigenvalue weighted by atomic mass is 35.5. The second-order valence-electron chi connectivity index (χ2n) is 6.15. The predicted octanol–water partition coefficient (Wildman–Crippen LogP) is 3.08. The van der Waals surface area contributed by atoms with Crippen LogP contribution in [0.2, 0.25) is 5.02 Å². The number of benzene rings is 1. The van der Waals surface area contributed by atoms with Gasteiger partial charge in [-0.1, -0.05) is 11.6 Å². The van der Waals surface area contributed by atoms with Crippen molar-refractivity contribution in [1.29, 1.82) is 0 Å². The molecule has 1 aromatic carbocycles. The Kier molecular flexibility index (Phi) is 6.00. The fourth-order valence-electron chi connectivity index (χ4n) is 1.90. The minimum absolute atomic E-state index is 0.209. The highest BCUT2D eigenvalue weighted by Gasteiger charge is 2.32. The standard InChI is InChI=1S/C17H20ClNO6S/c1-17(2,25-13-7-5-12(18)6-8-13)16(20)23-11-14-9-10-15(24-14)26(21,22)19(3)4/h5-10H,11H2,1-4H3. The van der Waals surface area contributed by atoms with E-state index in [1.54, 1.807) is 38.1 Å². The van der Waals surface area contributed by atoms with E-state index in [2.05, 4.69) is 0 Å². The summed E-state index contributed by atoms with van der Waals surface area (Å²) in [6, 6.07) is 9.33. The molecule has 142 valence electrons. The molecule has 0 spiro atoms. The number of furan rings is 1. The van der Waals surface area contributed by atoms with Gasteiger partial charge in [0.25, 0.3) is 10.0 Å². The summed E-state index contributed by atoms with van der Waals surface area (Å²) in [7, 11) is -0.883. The maximum absolute atomic E-state index is 12.3. The van der Waals surface area contributed by atoms with Gasteiger partial charge in [0.15, 0.2) is 5.60 Å². The zero-order valence-electron chi connectivity index (χ0n) is 14.9. The quantitative estimate of drug-likeness (QED) is 0.662. The number of carbonyl (C=O) groups excluding carboxylic acids is 1. The summed E-state index contributed by atoms with van der Waals surface area (Å²) in [5.41, 5.74) is -1.25. The summed E-state index contributed by atoms with van der Waals surface area (Å²) >= 11 is 5.81. The van der Waals surface area contributed by atoms with Gasteiger partial charge in [0.05, 0.1) is 0 Å². The van der Waals surface area contributed by atoms with E-state index < -0.39 is 21.6 Å². The van der Waals surface area contributed by atoms with Crippen LogP contribution in [0.25, 0.3) is 0 Å². The number of hydrogen-bond acceptors (Lipinski definition) is 6. The van der Waals surface area contributed by atoms with Crippen molar-refractivity contribution in [3.05, 3.63) is 47.2 Å². The molecule has 0 atom stereocenters. The SMILES string of the molecule is CN(C)S(=O)(=O)c1ccc(COC(=O)C(C)(C)Oc2ccc(Cl)cc2)o1. The Bertz CT molecular complexity index is 871. The van der Waals surface area contributed by atoms with E-state index in [4.69, 9.17) is 25.5 Å². The van der Waals surface area contributed by atoms with Gasteiger partial charge >= 0.3 is 5.97 Å². The van der Waals surface area contributed by atoms with Crippen molar-refractivity contribution in [1.82, 2.24) is 4.31 Å². The van der Waals surface area contributed by atoms with E-state index in [1.165, 1.54) is 26.2 Å². The Hall–Kier alpha value is -2.03. The van der Waals surface area contributed by atoms with Gasteiger partial charge in [-0.05, 0) is 50.2 Å². The van der Waals surface area contributed by atoms with Gasteiger partial charge in [0.1, 0.15) is 18.1 Å². The minimum atomic E-state index is -3.68. The molecular weight excluding hydrogens is 382 g/mol. The van der Waals surface area contributed by atoms with E-state index in [1.807, 2.05) is 0 Å². The van der Waals surface area contributed by atoms with Crippen LogP contribution >= 0.6 is 11.6 Å². The van der Waals surface area contributed by atoms with Crippen molar-refractivity contribution in [2.45, 2.75) is 31.1 Å². The first-order chi connectivity index (χ1) is 12.0. The number of rotatable bonds is 7. The Morgan fingerprint density at radius 3 is 2.35 bits per heavy atom. The number of carbonyl (C=O) groups is 1. The lowest BCUT2D eigenvalue weighted by Crippen LogP contribution is -2.39. The smallest absolute Gasteiger partial charge is 0.350 e. The molecule has 2 rings (SSSR count). The van der Waals surface area contributed by atoms with Crippen molar-refractivity contribution < 1.29 is 27.1 Å². The minimum Gasteiger partial charge on any atom is -0.476 e. The molecule has 0 unspecified atom stereocenters. The van der Waals surface area contributed by atoms with E-state index in [9.17, 15) is 13.2 Å². The van der Waals surface area contributed by atoms with Crippen molar-refractivity contribution >= 4 is 27.6 Å². The number of hydrogen-bond donors (Lipinski definition) is 0. The first kappa shape index (κ1) is 20.3. The number of esters is 1. The Balaban J connectivity index is 1.99. The fourth-order valence-corrected chi connectivity index (χ4v) is 2.84. The second-order valence-corrected chi connectivity index (χ2v) is 8.67. The highest BCUT2D eigenvalue weighted by Crippen LogP contribution is 2.23. The number of nitrogens with zero attached hydrogens (tertiary/aromatic N) is 1. The van der Waals surface area contributed by atoms with Crippen LogP contribution < -0.4 is 4.74 Å². The molecule has 26 heavy (non-hydrogen) atoms. The molecule has 0 saturated heterocycles. The van der Waals surface area contributed by atoms with Crippen LogP contribution in [0.5, 0.6) is 5.75 Å². The molecule has 0 saturated carbocycles. The molecule has 0 N–H and O–H groups in total. The third-order valence-electron chi connectivity index (χ3n) is 3.40. The fraction of sp³-hybridized carbons (Fsp3) is 0.353. The first-order valence-electron chi connectivity index (χ1n) is 7.65. The maximum atomic E-state index is 12.3. The molecule has 7 nitrogen and oxygen atoms in total. The van der Waals surface area contributed by atoms with Gasteiger partial charge < -0.3 is 13.9 Å². The monoisotopic (exact) mass is 401 g/mol. The van der Waals surface area contributed by atoms with Crippen molar-refractivity contribution in [3.8, 4) is 5.75 Å². The van der Waals surface area contributed by atoms with Crippen LogP contribution in [0.3, 0.4) is 0 Å².